The summed E-state index contributed by atoms with van der Waals surface area (Å²) in [4.78, 5) is 17.2. The van der Waals surface area contributed by atoms with E-state index in [0.717, 1.165) is 24.8 Å². The first-order chi connectivity index (χ1) is 13.5. The molecule has 3 rings (SSSR count). The first-order valence-electron chi connectivity index (χ1n) is 9.56. The van der Waals surface area contributed by atoms with Gasteiger partial charge in [-0.15, -0.1) is 0 Å². The van der Waals surface area contributed by atoms with Gasteiger partial charge in [0, 0.05) is 11.9 Å². The van der Waals surface area contributed by atoms with Crippen LogP contribution in [-0.2, 0) is 28.2 Å². The Morgan fingerprint density at radius 3 is 2.43 bits per heavy atom. The van der Waals surface area contributed by atoms with Gasteiger partial charge in [-0.3, -0.25) is 9.00 Å². The fourth-order valence-electron chi connectivity index (χ4n) is 3.76. The van der Waals surface area contributed by atoms with Gasteiger partial charge in [-0.25, -0.2) is 4.98 Å². The molecule has 1 aromatic heterocycles. The van der Waals surface area contributed by atoms with Crippen LogP contribution in [0.4, 0.5) is 5.82 Å². The third kappa shape index (κ3) is 5.70. The standard InChI is InChI=1S/C21H26N2O4S/c24-13-17-7-10-20(22-12-17)23-21(25)19(11-15-3-1-2-4-15)18-8-5-16(6-9-18)14-28(26)27/h5-10,12,15,19,24H,1-4,11,13-14H2,(H,26,27)(H,22,23,25)/p-1. The molecule has 1 aliphatic carbocycles. The van der Waals surface area contributed by atoms with Gasteiger partial charge in [-0.1, -0.05) is 67.1 Å². The van der Waals surface area contributed by atoms with Crippen molar-refractivity contribution in [3.8, 4) is 0 Å². The first kappa shape index (κ1) is 20.6. The summed E-state index contributed by atoms with van der Waals surface area (Å²) in [7, 11) is 0. The van der Waals surface area contributed by atoms with Crippen molar-refractivity contribution in [2.45, 2.75) is 50.4 Å². The zero-order valence-corrected chi connectivity index (χ0v) is 16.5. The molecule has 6 nitrogen and oxygen atoms in total. The molecule has 1 amide bonds. The smallest absolute Gasteiger partial charge is 0.233 e. The maximum Gasteiger partial charge on any atom is 0.233 e. The minimum absolute atomic E-state index is 0.0269. The van der Waals surface area contributed by atoms with Crippen LogP contribution in [0.2, 0.25) is 0 Å². The minimum atomic E-state index is -2.13. The Bertz CT molecular complexity index is 802. The Morgan fingerprint density at radius 1 is 1.18 bits per heavy atom. The van der Waals surface area contributed by atoms with Gasteiger partial charge in [-0.2, -0.15) is 0 Å². The highest BCUT2D eigenvalue weighted by Gasteiger charge is 2.27. The molecule has 28 heavy (non-hydrogen) atoms. The third-order valence-corrected chi connectivity index (χ3v) is 5.85. The minimum Gasteiger partial charge on any atom is -0.772 e. The van der Waals surface area contributed by atoms with Crippen LogP contribution in [0, 0.1) is 5.92 Å². The Morgan fingerprint density at radius 2 is 1.86 bits per heavy atom. The quantitative estimate of drug-likeness (QED) is 0.661. The van der Waals surface area contributed by atoms with Crippen LogP contribution in [0.5, 0.6) is 0 Å². The molecule has 2 atom stereocenters. The molecule has 1 aromatic carbocycles. The van der Waals surface area contributed by atoms with E-state index in [2.05, 4.69) is 10.3 Å². The van der Waals surface area contributed by atoms with E-state index in [1.807, 2.05) is 12.1 Å². The molecule has 0 spiro atoms. The number of hydrogen-bond acceptors (Lipinski definition) is 5. The van der Waals surface area contributed by atoms with Crippen molar-refractivity contribution in [1.29, 1.82) is 0 Å². The lowest BCUT2D eigenvalue weighted by Crippen LogP contribution is -2.23. The molecule has 7 heteroatoms. The Kier molecular flexibility index (Phi) is 7.30. The molecule has 150 valence electrons. The highest BCUT2D eigenvalue weighted by Crippen LogP contribution is 2.35. The fourth-order valence-corrected chi connectivity index (χ4v) is 4.23. The molecule has 2 N–H and O–H groups in total. The third-order valence-electron chi connectivity index (χ3n) is 5.29. The van der Waals surface area contributed by atoms with Crippen molar-refractivity contribution in [3.63, 3.8) is 0 Å². The summed E-state index contributed by atoms with van der Waals surface area (Å²) < 4.78 is 21.8. The Labute approximate surface area is 167 Å². The van der Waals surface area contributed by atoms with Gasteiger partial charge in [0.25, 0.3) is 0 Å². The molecule has 0 bridgehead atoms. The number of amides is 1. The van der Waals surface area contributed by atoms with Gasteiger partial charge in [0.05, 0.1) is 12.5 Å². The van der Waals surface area contributed by atoms with E-state index in [4.69, 9.17) is 5.11 Å². The largest absolute Gasteiger partial charge is 0.772 e. The SMILES string of the molecule is O=C(Nc1ccc(CO)cn1)C(CC1CCCC1)c1ccc(CS(=O)[O-])cc1. The summed E-state index contributed by atoms with van der Waals surface area (Å²) in [6.07, 6.45) is 7.00. The zero-order chi connectivity index (χ0) is 19.9. The predicted molar refractivity (Wildman–Crippen MR) is 107 cm³/mol. The number of aliphatic hydroxyl groups excluding tert-OH is 1. The van der Waals surface area contributed by atoms with Crippen molar-refractivity contribution in [2.24, 2.45) is 5.92 Å². The van der Waals surface area contributed by atoms with E-state index < -0.39 is 11.1 Å². The molecule has 0 aliphatic heterocycles. The first-order valence-corrected chi connectivity index (χ1v) is 10.8. The van der Waals surface area contributed by atoms with Gasteiger partial charge in [0.15, 0.2) is 0 Å². The monoisotopic (exact) mass is 401 g/mol. The van der Waals surface area contributed by atoms with Crippen LogP contribution in [0.3, 0.4) is 0 Å². The molecule has 2 aromatic rings. The van der Waals surface area contributed by atoms with E-state index in [-0.39, 0.29) is 24.2 Å². The zero-order valence-electron chi connectivity index (χ0n) is 15.7. The average molecular weight is 402 g/mol. The van der Waals surface area contributed by atoms with Crippen LogP contribution in [0.25, 0.3) is 0 Å². The summed E-state index contributed by atoms with van der Waals surface area (Å²) in [5, 5.41) is 12.0. The van der Waals surface area contributed by atoms with Gasteiger partial charge < -0.3 is 15.0 Å². The van der Waals surface area contributed by atoms with E-state index >= 15 is 0 Å². The van der Waals surface area contributed by atoms with E-state index in [1.165, 1.54) is 12.8 Å². The summed E-state index contributed by atoms with van der Waals surface area (Å²) in [6.45, 7) is -0.0912. The lowest BCUT2D eigenvalue weighted by Gasteiger charge is -2.21. The second kappa shape index (κ2) is 9.91. The molecular weight excluding hydrogens is 376 g/mol. The Balaban J connectivity index is 1.76. The summed E-state index contributed by atoms with van der Waals surface area (Å²) in [6, 6.07) is 10.7. The average Bonchev–Trinajstić information content (AvgIpc) is 3.20. The highest BCUT2D eigenvalue weighted by molar-refractivity contribution is 7.78. The second-order valence-electron chi connectivity index (χ2n) is 7.33. The number of carbonyl (C=O) groups is 1. The van der Waals surface area contributed by atoms with Crippen LogP contribution in [-0.4, -0.2) is 24.8 Å². The molecule has 1 saturated carbocycles. The normalized spacial score (nSPS) is 16.6. The second-order valence-corrected chi connectivity index (χ2v) is 8.22. The van der Waals surface area contributed by atoms with Gasteiger partial charge >= 0.3 is 0 Å². The number of hydrogen-bond donors (Lipinski definition) is 2. The van der Waals surface area contributed by atoms with Crippen LogP contribution in [0.1, 0.15) is 54.7 Å². The predicted octanol–water partition coefficient (Wildman–Crippen LogP) is 3.26. The topological polar surface area (TPSA) is 102 Å². The van der Waals surface area contributed by atoms with Crippen molar-refractivity contribution in [1.82, 2.24) is 4.98 Å². The number of rotatable bonds is 8. The lowest BCUT2D eigenvalue weighted by molar-refractivity contribution is -0.118. The number of benzene rings is 1. The number of aromatic nitrogens is 1. The maximum atomic E-state index is 13.0. The molecule has 1 aliphatic rings. The highest BCUT2D eigenvalue weighted by atomic mass is 32.2. The van der Waals surface area contributed by atoms with Crippen LogP contribution < -0.4 is 5.32 Å². The van der Waals surface area contributed by atoms with Crippen molar-refractivity contribution >= 4 is 22.8 Å². The van der Waals surface area contributed by atoms with Gasteiger partial charge in [-0.05, 0) is 35.1 Å². The number of nitrogens with one attached hydrogen (secondary N) is 1. The van der Waals surface area contributed by atoms with Crippen LogP contribution >= 0.6 is 0 Å². The molecule has 0 radical (unpaired) electrons. The van der Waals surface area contributed by atoms with E-state index in [1.54, 1.807) is 30.5 Å². The Hall–Kier alpha value is -2.09. The van der Waals surface area contributed by atoms with Crippen LogP contribution in [0.15, 0.2) is 42.6 Å². The number of aliphatic hydroxyl groups is 1. The summed E-state index contributed by atoms with van der Waals surface area (Å²) in [5.41, 5.74) is 2.28. The van der Waals surface area contributed by atoms with Crippen molar-refractivity contribution in [3.05, 3.63) is 59.3 Å². The van der Waals surface area contributed by atoms with Crippen molar-refractivity contribution in [2.75, 3.05) is 5.32 Å². The maximum absolute atomic E-state index is 13.0. The molecule has 1 heterocycles. The summed E-state index contributed by atoms with van der Waals surface area (Å²) in [5.74, 6) is 0.526. The fraction of sp³-hybridized carbons (Fsp3) is 0.429. The van der Waals surface area contributed by atoms with E-state index in [0.29, 0.717) is 22.9 Å². The molecule has 1 fully saturated rings. The lowest BCUT2D eigenvalue weighted by atomic mass is 9.87. The number of nitrogens with zero attached hydrogens (tertiary/aromatic N) is 1. The van der Waals surface area contributed by atoms with Crippen molar-refractivity contribution < 1.29 is 18.7 Å². The number of anilines is 1. The van der Waals surface area contributed by atoms with E-state index in [9.17, 15) is 13.6 Å². The summed E-state index contributed by atoms with van der Waals surface area (Å²) >= 11 is -2.13. The molecule has 2 unspecified atom stereocenters. The molecule has 0 saturated heterocycles. The number of pyridine rings is 1. The molecular formula is C21H25N2O4S-. The number of carbonyl (C=O) groups excluding carboxylic acids is 1. The van der Waals surface area contributed by atoms with Gasteiger partial charge in [0.2, 0.25) is 5.91 Å². The van der Waals surface area contributed by atoms with Gasteiger partial charge in [0.1, 0.15) is 5.82 Å².